The number of carbonyl (C=O) groups is 1. The SMILES string of the molecule is CC(NC(=O)c1ccc(OCC(F)(F)F)nc1)c1cccc(OC(F)F)c1. The van der Waals surface area contributed by atoms with Gasteiger partial charge in [0, 0.05) is 12.3 Å². The molecule has 2 rings (SSSR count). The molecule has 0 bridgehead atoms. The van der Waals surface area contributed by atoms with E-state index in [9.17, 15) is 26.7 Å². The molecule has 1 amide bonds. The van der Waals surface area contributed by atoms with E-state index in [0.29, 0.717) is 5.56 Å². The van der Waals surface area contributed by atoms with E-state index in [1.54, 1.807) is 13.0 Å². The van der Waals surface area contributed by atoms with Crippen LogP contribution < -0.4 is 14.8 Å². The Labute approximate surface area is 151 Å². The van der Waals surface area contributed by atoms with E-state index in [1.165, 1.54) is 24.3 Å². The van der Waals surface area contributed by atoms with E-state index in [4.69, 9.17) is 0 Å². The minimum Gasteiger partial charge on any atom is -0.468 e. The lowest BCUT2D eigenvalue weighted by Gasteiger charge is -2.15. The first kappa shape index (κ1) is 20.4. The Bertz CT molecular complexity index is 766. The number of hydrogen-bond acceptors (Lipinski definition) is 4. The normalized spacial score (nSPS) is 12.6. The summed E-state index contributed by atoms with van der Waals surface area (Å²) in [6.07, 6.45) is -3.42. The molecular weight excluding hydrogens is 375 g/mol. The molecule has 1 atom stereocenters. The van der Waals surface area contributed by atoms with Crippen molar-refractivity contribution in [3.63, 3.8) is 0 Å². The largest absolute Gasteiger partial charge is 0.468 e. The third-order valence-corrected chi connectivity index (χ3v) is 3.31. The van der Waals surface area contributed by atoms with Gasteiger partial charge in [-0.05, 0) is 30.7 Å². The van der Waals surface area contributed by atoms with Crippen molar-refractivity contribution in [2.24, 2.45) is 0 Å². The predicted molar refractivity (Wildman–Crippen MR) is 84.7 cm³/mol. The highest BCUT2D eigenvalue weighted by molar-refractivity contribution is 5.94. The third kappa shape index (κ3) is 6.72. The average Bonchev–Trinajstić information content (AvgIpc) is 2.59. The number of carbonyl (C=O) groups excluding carboxylic acids is 1. The second kappa shape index (κ2) is 8.65. The number of halogens is 5. The maximum absolute atomic E-state index is 12.3. The molecule has 0 aliphatic carbocycles. The maximum atomic E-state index is 12.3. The van der Waals surface area contributed by atoms with Crippen LogP contribution >= 0.6 is 0 Å². The van der Waals surface area contributed by atoms with Crippen molar-refractivity contribution >= 4 is 5.91 Å². The molecule has 27 heavy (non-hydrogen) atoms. The number of aromatic nitrogens is 1. The van der Waals surface area contributed by atoms with Crippen LogP contribution in [0.15, 0.2) is 42.6 Å². The van der Waals surface area contributed by atoms with Crippen LogP contribution in [0.5, 0.6) is 11.6 Å². The lowest BCUT2D eigenvalue weighted by atomic mass is 10.1. The molecule has 1 aromatic heterocycles. The molecule has 146 valence electrons. The van der Waals surface area contributed by atoms with Crippen LogP contribution in [0.4, 0.5) is 22.0 Å². The molecule has 0 aliphatic rings. The van der Waals surface area contributed by atoms with Crippen LogP contribution in [0.25, 0.3) is 0 Å². The van der Waals surface area contributed by atoms with Gasteiger partial charge < -0.3 is 14.8 Å². The molecule has 0 spiro atoms. The van der Waals surface area contributed by atoms with Crippen molar-refractivity contribution in [2.75, 3.05) is 6.61 Å². The summed E-state index contributed by atoms with van der Waals surface area (Å²) in [5, 5.41) is 2.63. The molecule has 0 radical (unpaired) electrons. The zero-order chi connectivity index (χ0) is 20.0. The number of pyridine rings is 1. The monoisotopic (exact) mass is 390 g/mol. The lowest BCUT2D eigenvalue weighted by Crippen LogP contribution is -2.26. The van der Waals surface area contributed by atoms with Crippen molar-refractivity contribution in [1.29, 1.82) is 0 Å². The van der Waals surface area contributed by atoms with Crippen LogP contribution in [0.2, 0.25) is 0 Å². The number of hydrogen-bond donors (Lipinski definition) is 1. The minimum absolute atomic E-state index is 0.0450. The first-order valence-electron chi connectivity index (χ1n) is 7.65. The fraction of sp³-hybridized carbons (Fsp3) is 0.294. The van der Waals surface area contributed by atoms with Crippen LogP contribution in [0.3, 0.4) is 0 Å². The number of nitrogens with zero attached hydrogens (tertiary/aromatic N) is 1. The quantitative estimate of drug-likeness (QED) is 0.723. The van der Waals surface area contributed by atoms with Gasteiger partial charge in [0.05, 0.1) is 11.6 Å². The topological polar surface area (TPSA) is 60.5 Å². The summed E-state index contributed by atoms with van der Waals surface area (Å²) in [6.45, 7) is -2.82. The van der Waals surface area contributed by atoms with Crippen molar-refractivity contribution in [3.05, 3.63) is 53.7 Å². The summed E-state index contributed by atoms with van der Waals surface area (Å²) in [5.41, 5.74) is 0.626. The zero-order valence-electron chi connectivity index (χ0n) is 14.0. The van der Waals surface area contributed by atoms with Crippen molar-refractivity contribution < 1.29 is 36.2 Å². The predicted octanol–water partition coefficient (Wildman–Crippen LogP) is 4.12. The highest BCUT2D eigenvalue weighted by atomic mass is 19.4. The van der Waals surface area contributed by atoms with Gasteiger partial charge in [-0.15, -0.1) is 0 Å². The number of alkyl halides is 5. The number of nitrogens with one attached hydrogen (secondary N) is 1. The Balaban J connectivity index is 1.98. The van der Waals surface area contributed by atoms with E-state index in [-0.39, 0.29) is 17.2 Å². The highest BCUT2D eigenvalue weighted by Gasteiger charge is 2.28. The lowest BCUT2D eigenvalue weighted by molar-refractivity contribution is -0.154. The Morgan fingerprint density at radius 2 is 1.96 bits per heavy atom. The fourth-order valence-electron chi connectivity index (χ4n) is 2.08. The number of benzene rings is 1. The number of ether oxygens (including phenoxy) is 2. The standard InChI is InChI=1S/C17H15F5N2O3/c1-10(11-3-2-4-13(7-11)27-16(18)19)24-15(25)12-5-6-14(23-8-12)26-9-17(20,21)22/h2-8,10,16H,9H2,1H3,(H,24,25). The summed E-state index contributed by atoms with van der Waals surface area (Å²) in [4.78, 5) is 15.8. The van der Waals surface area contributed by atoms with Crippen molar-refractivity contribution in [3.8, 4) is 11.6 Å². The van der Waals surface area contributed by atoms with Gasteiger partial charge in [-0.25, -0.2) is 4.98 Å². The third-order valence-electron chi connectivity index (χ3n) is 3.31. The van der Waals surface area contributed by atoms with E-state index in [2.05, 4.69) is 19.8 Å². The average molecular weight is 390 g/mol. The molecule has 0 fully saturated rings. The highest BCUT2D eigenvalue weighted by Crippen LogP contribution is 2.21. The van der Waals surface area contributed by atoms with Gasteiger partial charge in [0.25, 0.3) is 5.91 Å². The molecule has 1 unspecified atom stereocenters. The van der Waals surface area contributed by atoms with E-state index < -0.39 is 31.3 Å². The summed E-state index contributed by atoms with van der Waals surface area (Å²) < 4.78 is 69.5. The van der Waals surface area contributed by atoms with Crippen molar-refractivity contribution in [1.82, 2.24) is 10.3 Å². The molecule has 1 N–H and O–H groups in total. The summed E-state index contributed by atoms with van der Waals surface area (Å²) in [6, 6.07) is 7.70. The molecule has 0 saturated carbocycles. The number of rotatable bonds is 7. The summed E-state index contributed by atoms with van der Waals surface area (Å²) in [7, 11) is 0. The molecule has 1 aromatic carbocycles. The van der Waals surface area contributed by atoms with E-state index in [0.717, 1.165) is 12.3 Å². The fourth-order valence-corrected chi connectivity index (χ4v) is 2.08. The first-order valence-corrected chi connectivity index (χ1v) is 7.65. The van der Waals surface area contributed by atoms with Crippen LogP contribution in [0.1, 0.15) is 28.9 Å². The molecule has 10 heteroatoms. The Hall–Kier alpha value is -2.91. The van der Waals surface area contributed by atoms with Gasteiger partial charge in [-0.2, -0.15) is 22.0 Å². The van der Waals surface area contributed by atoms with E-state index in [1.807, 2.05) is 0 Å². The van der Waals surface area contributed by atoms with Crippen LogP contribution in [-0.2, 0) is 0 Å². The molecule has 0 aliphatic heterocycles. The molecule has 1 heterocycles. The van der Waals surface area contributed by atoms with Crippen molar-refractivity contribution in [2.45, 2.75) is 25.8 Å². The first-order chi connectivity index (χ1) is 12.6. The Morgan fingerprint density at radius 1 is 1.22 bits per heavy atom. The van der Waals surface area contributed by atoms with Gasteiger partial charge in [0.2, 0.25) is 5.88 Å². The van der Waals surface area contributed by atoms with Crippen LogP contribution in [-0.4, -0.2) is 30.3 Å². The minimum atomic E-state index is -4.49. The maximum Gasteiger partial charge on any atom is 0.422 e. The second-order valence-corrected chi connectivity index (χ2v) is 5.44. The van der Waals surface area contributed by atoms with Gasteiger partial charge >= 0.3 is 12.8 Å². The number of amides is 1. The Morgan fingerprint density at radius 3 is 2.56 bits per heavy atom. The summed E-state index contributed by atoms with van der Waals surface area (Å²) >= 11 is 0. The second-order valence-electron chi connectivity index (χ2n) is 5.44. The zero-order valence-corrected chi connectivity index (χ0v) is 14.0. The van der Waals surface area contributed by atoms with Gasteiger partial charge in [0.15, 0.2) is 6.61 Å². The molecule has 0 saturated heterocycles. The molecular formula is C17H15F5N2O3. The molecule has 5 nitrogen and oxygen atoms in total. The Kier molecular flexibility index (Phi) is 6.54. The van der Waals surface area contributed by atoms with E-state index >= 15 is 0 Å². The van der Waals surface area contributed by atoms with Gasteiger partial charge in [0.1, 0.15) is 5.75 Å². The van der Waals surface area contributed by atoms with Gasteiger partial charge in [-0.3, -0.25) is 4.79 Å². The molecule has 2 aromatic rings. The smallest absolute Gasteiger partial charge is 0.422 e. The van der Waals surface area contributed by atoms with Crippen LogP contribution in [0, 0.1) is 0 Å². The van der Waals surface area contributed by atoms with Gasteiger partial charge in [-0.1, -0.05) is 12.1 Å². The summed E-state index contributed by atoms with van der Waals surface area (Å²) in [5.74, 6) is -0.859.